The summed E-state index contributed by atoms with van der Waals surface area (Å²) >= 11 is 0. The molecule has 1 amide bonds. The second-order valence-corrected chi connectivity index (χ2v) is 9.82. The van der Waals surface area contributed by atoms with E-state index in [2.05, 4.69) is 38.3 Å². The van der Waals surface area contributed by atoms with E-state index < -0.39 is 11.6 Å². The Balaban J connectivity index is 1.30. The summed E-state index contributed by atoms with van der Waals surface area (Å²) in [5.74, 6) is 0.509. The molecule has 1 aliphatic rings. The molecule has 1 saturated heterocycles. The largest absolute Gasteiger partial charge is 0.465 e. The average molecular weight is 508 g/mol. The number of hydrogen-bond acceptors (Lipinski definition) is 7. The number of rotatable bonds is 5. The Morgan fingerprint density at radius 3 is 2.89 bits per heavy atom. The molecule has 5 heterocycles. The molecule has 1 N–H and O–H groups in total. The van der Waals surface area contributed by atoms with Gasteiger partial charge in [-0.05, 0) is 43.5 Å². The van der Waals surface area contributed by atoms with E-state index in [1.165, 1.54) is 4.90 Å². The van der Waals surface area contributed by atoms with Gasteiger partial charge in [0.25, 0.3) is 5.78 Å². The predicted molar refractivity (Wildman–Crippen MR) is 138 cm³/mol. The molecule has 11 heteroatoms. The summed E-state index contributed by atoms with van der Waals surface area (Å²) < 4.78 is 3.56. The van der Waals surface area contributed by atoms with Crippen molar-refractivity contribution in [1.82, 2.24) is 39.2 Å². The lowest BCUT2D eigenvalue weighted by atomic mass is 9.81. The maximum atomic E-state index is 11.6. The van der Waals surface area contributed by atoms with Crippen molar-refractivity contribution in [1.29, 1.82) is 5.26 Å². The minimum absolute atomic E-state index is 0.224. The van der Waals surface area contributed by atoms with Crippen LogP contribution in [-0.4, -0.2) is 63.0 Å². The summed E-state index contributed by atoms with van der Waals surface area (Å²) in [5.41, 5.74) is 3.79. The van der Waals surface area contributed by atoms with Crippen LogP contribution in [0.15, 0.2) is 61.3 Å². The van der Waals surface area contributed by atoms with Gasteiger partial charge in [0.05, 0.1) is 47.8 Å². The molecule has 6 rings (SSSR count). The fourth-order valence-electron chi connectivity index (χ4n) is 5.42. The SMILES string of the molecule is CC1CC(CC#N)(n2cc(-c3cnc4ncc(Cc5ccc6ncccc6c5)n4n3)cn2)CCN1C(=O)O. The third-order valence-corrected chi connectivity index (χ3v) is 7.40. The number of amides is 1. The van der Waals surface area contributed by atoms with Crippen molar-refractivity contribution in [2.45, 2.75) is 44.2 Å². The molecule has 0 radical (unpaired) electrons. The number of imidazole rings is 1. The van der Waals surface area contributed by atoms with Crippen molar-refractivity contribution < 1.29 is 9.90 Å². The number of likely N-dealkylation sites (tertiary alicyclic amines) is 1. The van der Waals surface area contributed by atoms with Gasteiger partial charge in [-0.3, -0.25) is 9.67 Å². The third-order valence-electron chi connectivity index (χ3n) is 7.40. The summed E-state index contributed by atoms with van der Waals surface area (Å²) in [5, 5.41) is 29.5. The summed E-state index contributed by atoms with van der Waals surface area (Å²) in [6, 6.07) is 12.2. The van der Waals surface area contributed by atoms with Crippen LogP contribution in [0, 0.1) is 11.3 Å². The van der Waals surface area contributed by atoms with Gasteiger partial charge in [0.15, 0.2) is 0 Å². The molecule has 11 nitrogen and oxygen atoms in total. The quantitative estimate of drug-likeness (QED) is 0.378. The van der Waals surface area contributed by atoms with Crippen LogP contribution in [0.25, 0.3) is 27.9 Å². The minimum Gasteiger partial charge on any atom is -0.465 e. The number of benzene rings is 1. The average Bonchev–Trinajstić information content (AvgIpc) is 3.57. The zero-order valence-electron chi connectivity index (χ0n) is 20.8. The lowest BCUT2D eigenvalue weighted by Gasteiger charge is -2.43. The zero-order chi connectivity index (χ0) is 26.3. The van der Waals surface area contributed by atoms with Crippen molar-refractivity contribution in [3.8, 4) is 17.3 Å². The molecule has 4 aromatic heterocycles. The predicted octanol–water partition coefficient (Wildman–Crippen LogP) is 3.90. The number of fused-ring (bicyclic) bond motifs is 2. The van der Waals surface area contributed by atoms with Crippen molar-refractivity contribution in [3.05, 3.63) is 72.6 Å². The van der Waals surface area contributed by atoms with E-state index in [9.17, 15) is 15.2 Å². The van der Waals surface area contributed by atoms with Gasteiger partial charge >= 0.3 is 6.09 Å². The molecular weight excluding hydrogens is 482 g/mol. The van der Waals surface area contributed by atoms with Gasteiger partial charge in [0.2, 0.25) is 0 Å². The maximum Gasteiger partial charge on any atom is 0.407 e. The molecular formula is C27H25N9O2. The van der Waals surface area contributed by atoms with Crippen molar-refractivity contribution in [2.24, 2.45) is 0 Å². The van der Waals surface area contributed by atoms with Crippen LogP contribution >= 0.6 is 0 Å². The minimum atomic E-state index is -0.940. The number of hydrogen-bond donors (Lipinski definition) is 1. The molecule has 0 saturated carbocycles. The van der Waals surface area contributed by atoms with E-state index in [1.54, 1.807) is 29.3 Å². The highest BCUT2D eigenvalue weighted by atomic mass is 16.4. The number of carboxylic acid groups (broad SMARTS) is 1. The summed E-state index contributed by atoms with van der Waals surface area (Å²) in [4.78, 5) is 26.3. The molecule has 1 fully saturated rings. The first-order chi connectivity index (χ1) is 18.5. The molecule has 0 aliphatic carbocycles. The number of nitrogens with zero attached hydrogens (tertiary/aromatic N) is 9. The number of carbonyl (C=O) groups is 1. The topological polar surface area (TPSA) is 138 Å². The van der Waals surface area contributed by atoms with Crippen LogP contribution in [0.5, 0.6) is 0 Å². The maximum absolute atomic E-state index is 11.6. The van der Waals surface area contributed by atoms with Crippen LogP contribution in [0.1, 0.15) is 37.4 Å². The number of pyridine rings is 1. The molecule has 5 aromatic rings. The Bertz CT molecular complexity index is 1700. The van der Waals surface area contributed by atoms with Gasteiger partial charge < -0.3 is 10.0 Å². The van der Waals surface area contributed by atoms with Gasteiger partial charge in [-0.25, -0.2) is 19.3 Å². The first-order valence-corrected chi connectivity index (χ1v) is 12.4. The molecule has 38 heavy (non-hydrogen) atoms. The Labute approximate surface area is 218 Å². The number of aromatic nitrogens is 7. The van der Waals surface area contributed by atoms with E-state index in [0.717, 1.165) is 27.7 Å². The summed E-state index contributed by atoms with van der Waals surface area (Å²) in [7, 11) is 0. The van der Waals surface area contributed by atoms with Gasteiger partial charge in [-0.15, -0.1) is 0 Å². The number of piperidine rings is 1. The first-order valence-electron chi connectivity index (χ1n) is 12.4. The summed E-state index contributed by atoms with van der Waals surface area (Å²) in [6.45, 7) is 2.22. The molecule has 190 valence electrons. The van der Waals surface area contributed by atoms with Crippen molar-refractivity contribution in [2.75, 3.05) is 6.54 Å². The van der Waals surface area contributed by atoms with Gasteiger partial charge in [0.1, 0.15) is 5.69 Å². The van der Waals surface area contributed by atoms with Gasteiger partial charge in [-0.2, -0.15) is 15.5 Å². The van der Waals surface area contributed by atoms with Gasteiger partial charge in [-0.1, -0.05) is 12.1 Å². The molecule has 0 spiro atoms. The Morgan fingerprint density at radius 1 is 1.21 bits per heavy atom. The Morgan fingerprint density at radius 2 is 2.08 bits per heavy atom. The normalized spacial score (nSPS) is 19.6. The van der Waals surface area contributed by atoms with Crippen LogP contribution < -0.4 is 0 Å². The van der Waals surface area contributed by atoms with E-state index in [4.69, 9.17) is 5.10 Å². The van der Waals surface area contributed by atoms with Crippen LogP contribution in [-0.2, 0) is 12.0 Å². The van der Waals surface area contributed by atoms with Crippen LogP contribution in [0.2, 0.25) is 0 Å². The second kappa shape index (κ2) is 9.23. The molecule has 2 unspecified atom stereocenters. The highest BCUT2D eigenvalue weighted by Crippen LogP contribution is 2.37. The second-order valence-electron chi connectivity index (χ2n) is 9.82. The molecule has 1 aliphatic heterocycles. The smallest absolute Gasteiger partial charge is 0.407 e. The van der Waals surface area contributed by atoms with E-state index in [-0.39, 0.29) is 12.5 Å². The number of nitriles is 1. The van der Waals surface area contributed by atoms with E-state index >= 15 is 0 Å². The highest BCUT2D eigenvalue weighted by molar-refractivity contribution is 5.79. The molecule has 1 aromatic carbocycles. The highest BCUT2D eigenvalue weighted by Gasteiger charge is 2.42. The van der Waals surface area contributed by atoms with Gasteiger partial charge in [0, 0.05) is 42.4 Å². The van der Waals surface area contributed by atoms with Crippen LogP contribution in [0.4, 0.5) is 4.79 Å². The van der Waals surface area contributed by atoms with Crippen molar-refractivity contribution >= 4 is 22.8 Å². The Hall–Kier alpha value is -4.85. The van der Waals surface area contributed by atoms with E-state index in [1.807, 2.05) is 36.0 Å². The third kappa shape index (κ3) is 4.10. The zero-order valence-corrected chi connectivity index (χ0v) is 20.8. The van der Waals surface area contributed by atoms with E-state index in [0.29, 0.717) is 37.3 Å². The molecule has 2 atom stereocenters. The fourth-order valence-corrected chi connectivity index (χ4v) is 5.42. The molecule has 0 bridgehead atoms. The lowest BCUT2D eigenvalue weighted by Crippen LogP contribution is -2.52. The Kier molecular flexibility index (Phi) is 5.72. The summed E-state index contributed by atoms with van der Waals surface area (Å²) in [6.07, 6.45) is 9.78. The first kappa shape index (κ1) is 23.5. The lowest BCUT2D eigenvalue weighted by molar-refractivity contribution is 0.0562. The van der Waals surface area contributed by atoms with Crippen LogP contribution in [0.3, 0.4) is 0 Å². The fraction of sp³-hybridized carbons (Fsp3) is 0.296. The monoisotopic (exact) mass is 507 g/mol. The van der Waals surface area contributed by atoms with Crippen molar-refractivity contribution in [3.63, 3.8) is 0 Å². The standard InChI is InChI=1S/C27H25N9O2/c1-18-13-27(6-8-28,7-10-34(18)26(37)38)35-17-21(14-32-35)24-16-31-25-30-15-22(36(25)33-24)12-19-4-5-23-20(11-19)3-2-9-29-23/h2-5,9,11,14-18H,6-7,10,12-13H2,1H3,(H,37,38).